The number of rotatable bonds is 3. The lowest BCUT2D eigenvalue weighted by Crippen LogP contribution is -2.43. The predicted octanol–water partition coefficient (Wildman–Crippen LogP) is 3.70. The Bertz CT molecular complexity index is 1370. The van der Waals surface area contributed by atoms with Crippen LogP contribution in [-0.4, -0.2) is 48.0 Å². The van der Waals surface area contributed by atoms with Crippen LogP contribution in [0.25, 0.3) is 22.2 Å². The molecule has 2 aromatic heterocycles. The largest absolute Gasteiger partial charge is 0.366 e. The Balaban J connectivity index is 1.81. The average molecular weight is 472 g/mol. The molecule has 4 rings (SSSR count). The van der Waals surface area contributed by atoms with Gasteiger partial charge < -0.3 is 14.8 Å². The number of aromatic nitrogens is 2. The van der Waals surface area contributed by atoms with E-state index in [9.17, 15) is 9.59 Å². The first-order valence-corrected chi connectivity index (χ1v) is 10.7. The van der Waals surface area contributed by atoms with Crippen LogP contribution in [-0.2, 0) is 4.79 Å². The zero-order valence-corrected chi connectivity index (χ0v) is 18.7. The molecule has 33 heavy (non-hydrogen) atoms. The van der Waals surface area contributed by atoms with Gasteiger partial charge in [-0.3, -0.25) is 9.59 Å². The van der Waals surface area contributed by atoms with Crippen LogP contribution >= 0.6 is 11.6 Å². The van der Waals surface area contributed by atoms with Gasteiger partial charge in [0.15, 0.2) is 17.1 Å². The van der Waals surface area contributed by atoms with Crippen molar-refractivity contribution in [1.29, 1.82) is 5.26 Å². The third kappa shape index (κ3) is 4.14. The van der Waals surface area contributed by atoms with Crippen LogP contribution in [0.2, 0.25) is 5.02 Å². The van der Waals surface area contributed by atoms with Gasteiger partial charge >= 0.3 is 0 Å². The lowest BCUT2D eigenvalue weighted by molar-refractivity contribution is -0.133. The van der Waals surface area contributed by atoms with Crippen molar-refractivity contribution in [1.82, 2.24) is 14.9 Å². The van der Waals surface area contributed by atoms with E-state index in [0.29, 0.717) is 24.9 Å². The summed E-state index contributed by atoms with van der Waals surface area (Å²) in [7, 11) is 3.29. The SMILES string of the molecule is CN(C)C(=O)[C@@H]1CCCN(c2c(F)cc3[nH]c(-c4cc(C#N)ncc4Cl)cc(=O)c3c2F)C1. The van der Waals surface area contributed by atoms with Crippen LogP contribution in [0, 0.1) is 28.9 Å². The summed E-state index contributed by atoms with van der Waals surface area (Å²) >= 11 is 6.16. The molecule has 0 radical (unpaired) electrons. The molecule has 1 aliphatic heterocycles. The molecule has 0 saturated carbocycles. The summed E-state index contributed by atoms with van der Waals surface area (Å²) in [6.07, 6.45) is 2.49. The van der Waals surface area contributed by atoms with Gasteiger partial charge in [0.2, 0.25) is 5.91 Å². The summed E-state index contributed by atoms with van der Waals surface area (Å²) < 4.78 is 30.7. The molecular weight excluding hydrogens is 452 g/mol. The summed E-state index contributed by atoms with van der Waals surface area (Å²) in [5.74, 6) is -2.31. The van der Waals surface area contributed by atoms with Crippen LogP contribution in [0.5, 0.6) is 0 Å². The molecule has 0 spiro atoms. The Morgan fingerprint density at radius 3 is 2.79 bits per heavy atom. The van der Waals surface area contributed by atoms with E-state index in [2.05, 4.69) is 9.97 Å². The van der Waals surface area contributed by atoms with Crippen molar-refractivity contribution in [3.8, 4) is 17.3 Å². The highest BCUT2D eigenvalue weighted by Gasteiger charge is 2.31. The van der Waals surface area contributed by atoms with Crippen LogP contribution in [0.4, 0.5) is 14.5 Å². The molecule has 0 unspecified atom stereocenters. The number of amides is 1. The number of aromatic amines is 1. The molecule has 1 atom stereocenters. The van der Waals surface area contributed by atoms with Gasteiger partial charge in [0, 0.05) is 51.1 Å². The molecular formula is C23H20ClF2N5O2. The third-order valence-corrected chi connectivity index (χ3v) is 6.07. The van der Waals surface area contributed by atoms with Crippen molar-refractivity contribution in [2.24, 2.45) is 5.92 Å². The first kappa shape index (κ1) is 22.7. The first-order valence-electron chi connectivity index (χ1n) is 10.3. The van der Waals surface area contributed by atoms with E-state index < -0.39 is 17.1 Å². The molecule has 1 aliphatic rings. The van der Waals surface area contributed by atoms with E-state index in [0.717, 1.165) is 12.1 Å². The maximum Gasteiger partial charge on any atom is 0.226 e. The first-order chi connectivity index (χ1) is 15.7. The van der Waals surface area contributed by atoms with Gasteiger partial charge in [-0.2, -0.15) is 5.26 Å². The van der Waals surface area contributed by atoms with Gasteiger partial charge in [-0.15, -0.1) is 0 Å². The predicted molar refractivity (Wildman–Crippen MR) is 121 cm³/mol. The van der Waals surface area contributed by atoms with Gasteiger partial charge in [-0.25, -0.2) is 13.8 Å². The standard InChI is InChI=1S/C23H20ClF2N5O2/c1-30(2)23(33)12-4-3-5-31(11-12)22-16(25)7-18-20(21(22)26)19(32)8-17(29-18)14-6-13(9-27)28-10-15(14)24/h6-8,10,12H,3-5,11H2,1-2H3,(H,29,32)/t12-/m1/s1. The van der Waals surface area contributed by atoms with Crippen LogP contribution in [0.1, 0.15) is 18.5 Å². The lowest BCUT2D eigenvalue weighted by atomic mass is 9.96. The summed E-state index contributed by atoms with van der Waals surface area (Å²) in [6, 6.07) is 5.49. The van der Waals surface area contributed by atoms with Gasteiger partial charge in [-0.05, 0) is 18.9 Å². The molecule has 0 bridgehead atoms. The number of anilines is 1. The number of nitrogens with zero attached hydrogens (tertiary/aromatic N) is 4. The van der Waals surface area contributed by atoms with Crippen molar-refractivity contribution in [3.05, 3.63) is 57.0 Å². The van der Waals surface area contributed by atoms with E-state index in [1.165, 1.54) is 22.1 Å². The van der Waals surface area contributed by atoms with Crippen molar-refractivity contribution >= 4 is 34.1 Å². The van der Waals surface area contributed by atoms with Crippen molar-refractivity contribution in [3.63, 3.8) is 0 Å². The second-order valence-corrected chi connectivity index (χ2v) is 8.58. The molecule has 1 fully saturated rings. The van der Waals surface area contributed by atoms with Crippen molar-refractivity contribution < 1.29 is 13.6 Å². The molecule has 1 N–H and O–H groups in total. The van der Waals surface area contributed by atoms with Gasteiger partial charge in [0.1, 0.15) is 17.5 Å². The number of carbonyl (C=O) groups is 1. The number of H-pyrrole nitrogens is 1. The minimum absolute atomic E-state index is 0.0411. The number of pyridine rings is 2. The van der Waals surface area contributed by atoms with Gasteiger partial charge in [0.25, 0.3) is 0 Å². The highest BCUT2D eigenvalue weighted by molar-refractivity contribution is 6.33. The third-order valence-electron chi connectivity index (χ3n) is 5.77. The molecule has 3 heterocycles. The fourth-order valence-electron chi connectivity index (χ4n) is 4.22. The second-order valence-electron chi connectivity index (χ2n) is 8.17. The van der Waals surface area contributed by atoms with E-state index >= 15 is 8.78 Å². The van der Waals surface area contributed by atoms with Crippen molar-refractivity contribution in [2.75, 3.05) is 32.1 Å². The molecule has 3 aromatic rings. The van der Waals surface area contributed by atoms with Crippen LogP contribution < -0.4 is 10.3 Å². The van der Waals surface area contributed by atoms with E-state index in [1.54, 1.807) is 14.1 Å². The summed E-state index contributed by atoms with van der Waals surface area (Å²) in [4.78, 5) is 34.9. The topological polar surface area (TPSA) is 93.1 Å². The molecule has 1 saturated heterocycles. The minimum atomic E-state index is -0.978. The Labute approximate surface area is 193 Å². The maximum absolute atomic E-state index is 15.5. The number of carbonyl (C=O) groups excluding carboxylic acids is 1. The number of nitriles is 1. The molecule has 1 aromatic carbocycles. The average Bonchev–Trinajstić information content (AvgIpc) is 2.78. The Morgan fingerprint density at radius 2 is 2.09 bits per heavy atom. The molecule has 7 nitrogen and oxygen atoms in total. The van der Waals surface area contributed by atoms with E-state index in [-0.39, 0.29) is 51.4 Å². The summed E-state index contributed by atoms with van der Waals surface area (Å²) in [6.45, 7) is 0.534. The normalized spacial score (nSPS) is 16.0. The quantitative estimate of drug-likeness (QED) is 0.628. The fraction of sp³-hybridized carbons (Fsp3) is 0.304. The monoisotopic (exact) mass is 471 g/mol. The van der Waals surface area contributed by atoms with Gasteiger partial charge in [-0.1, -0.05) is 11.6 Å². The highest BCUT2D eigenvalue weighted by atomic mass is 35.5. The fourth-order valence-corrected chi connectivity index (χ4v) is 4.43. The van der Waals surface area contributed by atoms with Crippen LogP contribution in [0.3, 0.4) is 0 Å². The number of hydrogen-bond acceptors (Lipinski definition) is 5. The molecule has 10 heteroatoms. The minimum Gasteiger partial charge on any atom is -0.366 e. The van der Waals surface area contributed by atoms with Crippen molar-refractivity contribution in [2.45, 2.75) is 12.8 Å². The molecule has 1 amide bonds. The smallest absolute Gasteiger partial charge is 0.226 e. The zero-order valence-electron chi connectivity index (χ0n) is 18.0. The number of nitrogens with one attached hydrogen (secondary N) is 1. The molecule has 0 aliphatic carbocycles. The number of halogens is 3. The zero-order chi connectivity index (χ0) is 23.9. The number of benzene rings is 1. The van der Waals surface area contributed by atoms with Gasteiger partial charge in [0.05, 0.1) is 27.5 Å². The number of fused-ring (bicyclic) bond motifs is 1. The maximum atomic E-state index is 15.5. The summed E-state index contributed by atoms with van der Waals surface area (Å²) in [5, 5.41) is 8.96. The molecule has 170 valence electrons. The van der Waals surface area contributed by atoms with Crippen LogP contribution in [0.15, 0.2) is 29.2 Å². The Morgan fingerprint density at radius 1 is 1.33 bits per heavy atom. The lowest BCUT2D eigenvalue weighted by Gasteiger charge is -2.35. The highest BCUT2D eigenvalue weighted by Crippen LogP contribution is 2.33. The second kappa shape index (κ2) is 8.79. The summed E-state index contributed by atoms with van der Waals surface area (Å²) in [5.41, 5.74) is -0.422. The number of hydrogen-bond donors (Lipinski definition) is 1. The van der Waals surface area contributed by atoms with E-state index in [1.807, 2.05) is 6.07 Å². The Kier molecular flexibility index (Phi) is 6.04. The number of piperidine rings is 1. The van der Waals surface area contributed by atoms with E-state index in [4.69, 9.17) is 16.9 Å². The Hall–Kier alpha value is -3.51.